The van der Waals surface area contributed by atoms with Gasteiger partial charge in [0.1, 0.15) is 0 Å². The number of imide groups is 4. The van der Waals surface area contributed by atoms with Crippen molar-refractivity contribution in [2.45, 2.75) is 40.5 Å². The van der Waals surface area contributed by atoms with Crippen LogP contribution in [0.4, 0.5) is 0 Å². The standard InChI is InChI=1S/C16H9N2O5P.C4H3NO3.C4H3NO2.2C3H8/c19-13-9-3-1-7(5-11(9)14(20)17-13)24-8-2-4-10-12(6-8)16(22)18(23)15(10)21;6-3-1-2-4(7)5(3)8;6-3-1-2-4(7)5-3;2*1-3-2/h1-6,23-24H,(H,17,19,20);1-2,8H;1-2H,(H,5,6,7);2*3H2,1-2H3. The van der Waals surface area contributed by atoms with Crippen molar-refractivity contribution in [2.24, 2.45) is 0 Å². The first-order chi connectivity index (χ1) is 21.3. The van der Waals surface area contributed by atoms with Crippen LogP contribution in [0.5, 0.6) is 0 Å². The van der Waals surface area contributed by atoms with Crippen LogP contribution in [0, 0.1) is 0 Å². The number of fused-ring (bicyclic) bond motifs is 2. The molecule has 0 fully saturated rings. The van der Waals surface area contributed by atoms with Gasteiger partial charge in [-0.1, -0.05) is 61.3 Å². The molecular weight excluding hydrogens is 607 g/mol. The molecule has 14 nitrogen and oxygen atoms in total. The predicted octanol–water partition coefficient (Wildman–Crippen LogP) is 1.52. The molecule has 0 radical (unpaired) electrons. The summed E-state index contributed by atoms with van der Waals surface area (Å²) in [6.07, 6.45) is 6.90. The maximum Gasteiger partial charge on any atom is 0.285 e. The second-order valence-electron chi connectivity index (χ2n) is 9.27. The SMILES string of the molecule is CCC.CCC.O=C1C=CC(=O)N1.O=C1C=CC(=O)N1O.O=C1NC(=O)c2cc(Pc3ccc4c(c3)C(=O)N(O)C4=O)ccc21. The quantitative estimate of drug-likeness (QED) is 0.212. The topological polar surface area (TPSA) is 208 Å². The van der Waals surface area contributed by atoms with Gasteiger partial charge < -0.3 is 0 Å². The minimum Gasteiger partial charge on any atom is -0.289 e. The van der Waals surface area contributed by atoms with E-state index in [0.29, 0.717) is 11.1 Å². The number of hydrogen-bond acceptors (Lipinski definition) is 10. The van der Waals surface area contributed by atoms with Gasteiger partial charge in [0, 0.05) is 24.3 Å². The van der Waals surface area contributed by atoms with E-state index in [2.05, 4.69) is 33.0 Å². The second kappa shape index (κ2) is 16.6. The number of hydroxylamine groups is 4. The van der Waals surface area contributed by atoms with E-state index in [1.165, 1.54) is 31.1 Å². The van der Waals surface area contributed by atoms with Gasteiger partial charge in [0.15, 0.2) is 0 Å². The summed E-state index contributed by atoms with van der Waals surface area (Å²) in [5, 5.41) is 23.7. The fourth-order valence-electron chi connectivity index (χ4n) is 3.47. The molecule has 0 spiro atoms. The van der Waals surface area contributed by atoms with Crippen molar-refractivity contribution < 1.29 is 48.8 Å². The van der Waals surface area contributed by atoms with E-state index < -0.39 is 35.4 Å². The Kier molecular flexibility index (Phi) is 13.3. The van der Waals surface area contributed by atoms with E-state index >= 15 is 0 Å². The van der Waals surface area contributed by atoms with Crippen molar-refractivity contribution in [3.63, 3.8) is 0 Å². The third-order valence-corrected chi connectivity index (χ3v) is 6.51. The number of carbonyl (C=O) groups excluding carboxylic acids is 8. The molecule has 0 saturated carbocycles. The lowest BCUT2D eigenvalue weighted by Crippen LogP contribution is -2.25. The van der Waals surface area contributed by atoms with Crippen LogP contribution in [0.1, 0.15) is 82.0 Å². The van der Waals surface area contributed by atoms with Gasteiger partial charge in [0.05, 0.1) is 22.3 Å². The number of rotatable bonds is 2. The Morgan fingerprint density at radius 1 is 0.556 bits per heavy atom. The molecule has 8 amide bonds. The molecule has 4 aliphatic heterocycles. The molecule has 0 aliphatic carbocycles. The Labute approximate surface area is 259 Å². The van der Waals surface area contributed by atoms with Crippen LogP contribution < -0.4 is 21.2 Å². The van der Waals surface area contributed by atoms with E-state index in [9.17, 15) is 43.6 Å². The van der Waals surface area contributed by atoms with Crippen LogP contribution in [0.3, 0.4) is 0 Å². The van der Waals surface area contributed by atoms with Crippen LogP contribution >= 0.6 is 8.58 Å². The summed E-state index contributed by atoms with van der Waals surface area (Å²) in [5.41, 5.74) is 0.995. The van der Waals surface area contributed by atoms with Crippen LogP contribution in [-0.4, -0.2) is 67.8 Å². The Hall–Kier alpha value is -5.17. The van der Waals surface area contributed by atoms with E-state index in [1.807, 2.05) is 5.32 Å². The Balaban J connectivity index is 0.000000273. The Morgan fingerprint density at radius 3 is 1.40 bits per heavy atom. The molecule has 15 heteroatoms. The molecule has 1 atom stereocenters. The highest BCUT2D eigenvalue weighted by Gasteiger charge is 2.35. The zero-order valence-corrected chi connectivity index (χ0v) is 25.7. The van der Waals surface area contributed by atoms with Crippen LogP contribution in [0.25, 0.3) is 0 Å². The van der Waals surface area contributed by atoms with Gasteiger partial charge in [0.25, 0.3) is 47.3 Å². The summed E-state index contributed by atoms with van der Waals surface area (Å²) >= 11 is 0. The average Bonchev–Trinajstić information content (AvgIpc) is 3.68. The largest absolute Gasteiger partial charge is 0.289 e. The van der Waals surface area contributed by atoms with E-state index in [-0.39, 0.29) is 41.6 Å². The zero-order valence-electron chi connectivity index (χ0n) is 24.7. The van der Waals surface area contributed by atoms with Crippen molar-refractivity contribution >= 4 is 66.4 Å². The van der Waals surface area contributed by atoms with Gasteiger partial charge in [-0.05, 0) is 34.9 Å². The first-order valence-corrected chi connectivity index (χ1v) is 14.6. The maximum absolute atomic E-state index is 11.8. The monoisotopic (exact) mass is 638 g/mol. The van der Waals surface area contributed by atoms with Crippen molar-refractivity contribution in [1.29, 1.82) is 0 Å². The van der Waals surface area contributed by atoms with E-state index in [4.69, 9.17) is 5.21 Å². The van der Waals surface area contributed by atoms with Gasteiger partial charge in [-0.3, -0.25) is 59.4 Å². The number of amides is 8. The maximum atomic E-state index is 11.8. The fourth-order valence-corrected chi connectivity index (χ4v) is 4.57. The lowest BCUT2D eigenvalue weighted by molar-refractivity contribution is -0.169. The molecule has 45 heavy (non-hydrogen) atoms. The van der Waals surface area contributed by atoms with Gasteiger partial charge in [-0.15, -0.1) is 10.1 Å². The van der Waals surface area contributed by atoms with Gasteiger partial charge in [-0.25, -0.2) is 0 Å². The molecule has 4 heterocycles. The van der Waals surface area contributed by atoms with Crippen LogP contribution in [0.2, 0.25) is 0 Å². The Bertz CT molecular complexity index is 1580. The molecule has 236 valence electrons. The first-order valence-electron chi connectivity index (χ1n) is 13.6. The number of nitrogens with zero attached hydrogens (tertiary/aromatic N) is 2. The molecule has 0 saturated heterocycles. The third kappa shape index (κ3) is 9.41. The summed E-state index contributed by atoms with van der Waals surface area (Å²) < 4.78 is 0. The highest BCUT2D eigenvalue weighted by Crippen LogP contribution is 2.24. The Morgan fingerprint density at radius 2 is 0.978 bits per heavy atom. The first kappa shape index (κ1) is 36.0. The summed E-state index contributed by atoms with van der Waals surface area (Å²) in [6.45, 7) is 8.50. The molecule has 2 aromatic rings. The smallest absolute Gasteiger partial charge is 0.285 e. The normalized spacial score (nSPS) is 15.4. The van der Waals surface area contributed by atoms with E-state index in [1.54, 1.807) is 30.3 Å². The van der Waals surface area contributed by atoms with Crippen molar-refractivity contribution in [3.8, 4) is 0 Å². The lowest BCUT2D eigenvalue weighted by atomic mass is 10.1. The number of hydrogen-bond donors (Lipinski definition) is 4. The molecule has 0 bridgehead atoms. The molecule has 4 N–H and O–H groups in total. The highest BCUT2D eigenvalue weighted by molar-refractivity contribution is 7.55. The average molecular weight is 639 g/mol. The van der Waals surface area contributed by atoms with Crippen molar-refractivity contribution in [1.82, 2.24) is 20.8 Å². The molecular formula is C30H31N4O10P. The summed E-state index contributed by atoms with van der Waals surface area (Å²) in [6, 6.07) is 9.73. The third-order valence-electron chi connectivity index (χ3n) is 5.31. The van der Waals surface area contributed by atoms with Gasteiger partial charge >= 0.3 is 0 Å². The fraction of sp³-hybridized carbons (Fsp3) is 0.200. The molecule has 4 aliphatic rings. The van der Waals surface area contributed by atoms with Gasteiger partial charge in [0.2, 0.25) is 0 Å². The number of nitrogens with one attached hydrogen (secondary N) is 2. The van der Waals surface area contributed by atoms with Crippen LogP contribution in [-0.2, 0) is 19.2 Å². The molecule has 2 aromatic carbocycles. The second-order valence-corrected chi connectivity index (χ2v) is 10.7. The van der Waals surface area contributed by atoms with Gasteiger partial charge in [-0.2, -0.15) is 0 Å². The van der Waals surface area contributed by atoms with Crippen molar-refractivity contribution in [3.05, 3.63) is 83.0 Å². The van der Waals surface area contributed by atoms with Crippen molar-refractivity contribution in [2.75, 3.05) is 0 Å². The lowest BCUT2D eigenvalue weighted by Gasteiger charge is -2.05. The molecule has 0 aromatic heterocycles. The summed E-state index contributed by atoms with van der Waals surface area (Å²) in [4.78, 5) is 87.1. The summed E-state index contributed by atoms with van der Waals surface area (Å²) in [7, 11) is 0.125. The van der Waals surface area contributed by atoms with Crippen LogP contribution in [0.15, 0.2) is 60.7 Å². The predicted molar refractivity (Wildman–Crippen MR) is 162 cm³/mol. The summed E-state index contributed by atoms with van der Waals surface area (Å²) in [5.74, 6) is -4.35. The number of benzene rings is 2. The molecule has 6 rings (SSSR count). The number of carbonyl (C=O) groups is 8. The minimum absolute atomic E-state index is 0.0556. The highest BCUT2D eigenvalue weighted by atomic mass is 31.1. The van der Waals surface area contributed by atoms with E-state index in [0.717, 1.165) is 22.8 Å². The molecule has 1 unspecified atom stereocenters. The minimum atomic E-state index is -0.749. The zero-order chi connectivity index (χ0) is 33.8.